The summed E-state index contributed by atoms with van der Waals surface area (Å²) in [5, 5.41) is 11.1. The first-order valence-corrected chi connectivity index (χ1v) is 12.6. The van der Waals surface area contributed by atoms with Gasteiger partial charge in [0.2, 0.25) is 5.91 Å². The van der Waals surface area contributed by atoms with Crippen LogP contribution in [0.2, 0.25) is 0 Å². The summed E-state index contributed by atoms with van der Waals surface area (Å²) in [5.74, 6) is -0.816. The second kappa shape index (κ2) is 10.2. The monoisotopic (exact) mass is 488 g/mol. The summed E-state index contributed by atoms with van der Waals surface area (Å²) >= 11 is 0. The number of fused-ring (bicyclic) bond motifs is 1. The third-order valence-electron chi connectivity index (χ3n) is 7.54. The Hall–Kier alpha value is -3.49. The van der Waals surface area contributed by atoms with Crippen molar-refractivity contribution < 1.29 is 14.7 Å². The molecule has 36 heavy (non-hydrogen) atoms. The number of pyridine rings is 1. The molecule has 2 aliphatic heterocycles. The van der Waals surface area contributed by atoms with Crippen molar-refractivity contribution >= 4 is 22.6 Å². The Labute approximate surface area is 210 Å². The topological polar surface area (TPSA) is 86.1 Å². The van der Waals surface area contributed by atoms with Crippen molar-refractivity contribution in [3.05, 3.63) is 76.2 Å². The molecule has 0 saturated carbocycles. The molecule has 188 valence electrons. The van der Waals surface area contributed by atoms with E-state index in [4.69, 9.17) is 0 Å². The smallest absolute Gasteiger partial charge is 0.338 e. The quantitative estimate of drug-likeness (QED) is 0.594. The Kier molecular flexibility index (Phi) is 6.89. The Morgan fingerprint density at radius 2 is 1.47 bits per heavy atom. The van der Waals surface area contributed by atoms with E-state index in [9.17, 15) is 19.5 Å². The number of hydrogen-bond acceptors (Lipinski definition) is 5. The predicted molar refractivity (Wildman–Crippen MR) is 139 cm³/mol. The van der Waals surface area contributed by atoms with Gasteiger partial charge in [-0.15, -0.1) is 0 Å². The van der Waals surface area contributed by atoms with Crippen LogP contribution in [0.3, 0.4) is 0 Å². The number of nitrogens with zero attached hydrogens (tertiary/aromatic N) is 4. The van der Waals surface area contributed by atoms with Gasteiger partial charge in [0.25, 0.3) is 5.56 Å². The number of aromatic carboxylic acids is 1. The van der Waals surface area contributed by atoms with Crippen LogP contribution in [0.25, 0.3) is 16.5 Å². The molecule has 0 spiro atoms. The molecule has 1 amide bonds. The van der Waals surface area contributed by atoms with Gasteiger partial charge in [-0.1, -0.05) is 36.4 Å². The highest BCUT2D eigenvalue weighted by atomic mass is 16.4. The number of amides is 1. The van der Waals surface area contributed by atoms with E-state index >= 15 is 0 Å². The second-order valence-electron chi connectivity index (χ2n) is 9.83. The first-order chi connectivity index (χ1) is 17.4. The molecule has 1 aromatic heterocycles. The van der Waals surface area contributed by atoms with Crippen molar-refractivity contribution in [1.82, 2.24) is 19.3 Å². The van der Waals surface area contributed by atoms with E-state index in [1.54, 1.807) is 28.8 Å². The van der Waals surface area contributed by atoms with Gasteiger partial charge in [-0.05, 0) is 51.2 Å². The normalized spacial score (nSPS) is 18.0. The van der Waals surface area contributed by atoms with Crippen molar-refractivity contribution in [1.29, 1.82) is 0 Å². The van der Waals surface area contributed by atoms with Crippen molar-refractivity contribution in [2.24, 2.45) is 5.92 Å². The zero-order valence-corrected chi connectivity index (χ0v) is 20.6. The molecule has 2 fully saturated rings. The van der Waals surface area contributed by atoms with Crippen molar-refractivity contribution in [3.8, 4) is 5.69 Å². The molecule has 2 saturated heterocycles. The number of rotatable bonds is 5. The van der Waals surface area contributed by atoms with Gasteiger partial charge in [-0.25, -0.2) is 4.79 Å². The number of para-hydroxylation sites is 1. The van der Waals surface area contributed by atoms with E-state index in [1.165, 1.54) is 0 Å². The molecule has 0 atom stereocenters. The highest BCUT2D eigenvalue weighted by molar-refractivity contribution is 6.04. The summed E-state index contributed by atoms with van der Waals surface area (Å²) in [4.78, 5) is 45.6. The fourth-order valence-corrected chi connectivity index (χ4v) is 5.47. The summed E-state index contributed by atoms with van der Waals surface area (Å²) in [6.45, 7) is 5.04. The number of carboxylic acid groups (broad SMARTS) is 1. The van der Waals surface area contributed by atoms with Crippen LogP contribution in [0, 0.1) is 5.92 Å². The second-order valence-corrected chi connectivity index (χ2v) is 9.83. The van der Waals surface area contributed by atoms with Gasteiger partial charge in [-0.2, -0.15) is 0 Å². The minimum absolute atomic E-state index is 0.00322. The lowest BCUT2D eigenvalue weighted by molar-refractivity contribution is -0.138. The lowest BCUT2D eigenvalue weighted by atomic mass is 9.94. The minimum atomic E-state index is -1.05. The van der Waals surface area contributed by atoms with Gasteiger partial charge >= 0.3 is 5.97 Å². The van der Waals surface area contributed by atoms with Crippen LogP contribution in [-0.4, -0.2) is 82.6 Å². The summed E-state index contributed by atoms with van der Waals surface area (Å²) in [7, 11) is 2.08. The molecular formula is C28H32N4O4. The number of carbonyl (C=O) groups is 2. The average Bonchev–Trinajstić information content (AvgIpc) is 2.90. The van der Waals surface area contributed by atoms with Gasteiger partial charge < -0.3 is 14.9 Å². The number of benzene rings is 2. The SMILES string of the molecule is CN1CCN(C(=O)C2CCN(Cc3c(C(=O)O)c4ccccc4c(=O)n3-c3ccccc3)CC2)CC1. The van der Waals surface area contributed by atoms with Crippen LogP contribution in [-0.2, 0) is 11.3 Å². The van der Waals surface area contributed by atoms with Crippen LogP contribution in [0.4, 0.5) is 0 Å². The fourth-order valence-electron chi connectivity index (χ4n) is 5.47. The molecule has 0 radical (unpaired) electrons. The Morgan fingerprint density at radius 3 is 2.11 bits per heavy atom. The fraction of sp³-hybridized carbons (Fsp3) is 0.393. The first-order valence-electron chi connectivity index (χ1n) is 12.6. The molecule has 8 nitrogen and oxygen atoms in total. The number of aromatic nitrogens is 1. The predicted octanol–water partition coefficient (Wildman–Crippen LogP) is 2.67. The van der Waals surface area contributed by atoms with E-state index in [0.717, 1.165) is 39.0 Å². The van der Waals surface area contributed by atoms with Gasteiger partial charge in [0.05, 0.1) is 11.3 Å². The summed E-state index contributed by atoms with van der Waals surface area (Å²) < 4.78 is 1.55. The Morgan fingerprint density at radius 1 is 0.861 bits per heavy atom. The highest BCUT2D eigenvalue weighted by Gasteiger charge is 2.31. The number of likely N-dealkylation sites (tertiary alicyclic amines) is 1. The van der Waals surface area contributed by atoms with Crippen LogP contribution < -0.4 is 5.56 Å². The maximum atomic E-state index is 13.6. The lowest BCUT2D eigenvalue weighted by Crippen LogP contribution is -2.50. The number of piperidine rings is 1. The molecule has 0 unspecified atom stereocenters. The third kappa shape index (κ3) is 4.66. The summed E-state index contributed by atoms with van der Waals surface area (Å²) in [6.07, 6.45) is 1.47. The first kappa shape index (κ1) is 24.2. The molecule has 8 heteroatoms. The highest BCUT2D eigenvalue weighted by Crippen LogP contribution is 2.27. The van der Waals surface area contributed by atoms with Crippen LogP contribution >= 0.6 is 0 Å². The third-order valence-corrected chi connectivity index (χ3v) is 7.54. The van der Waals surface area contributed by atoms with Crippen LogP contribution in [0.5, 0.6) is 0 Å². The van der Waals surface area contributed by atoms with E-state index in [1.807, 2.05) is 35.2 Å². The van der Waals surface area contributed by atoms with Gasteiger partial charge in [0, 0.05) is 55.1 Å². The van der Waals surface area contributed by atoms with E-state index < -0.39 is 5.97 Å². The number of piperazine rings is 1. The zero-order valence-electron chi connectivity index (χ0n) is 20.6. The number of carbonyl (C=O) groups excluding carboxylic acids is 1. The van der Waals surface area contributed by atoms with Gasteiger partial charge in [-0.3, -0.25) is 19.1 Å². The average molecular weight is 489 g/mol. The van der Waals surface area contributed by atoms with E-state index in [-0.39, 0.29) is 22.9 Å². The van der Waals surface area contributed by atoms with Crippen LogP contribution in [0.1, 0.15) is 28.9 Å². The standard InChI is InChI=1S/C28H32N4O4/c1-29-15-17-31(18-16-29)26(33)20-11-13-30(14-12-20)19-24-25(28(35)36)22-9-5-6-10-23(22)27(34)32(24)21-7-3-2-4-8-21/h2-10,20H,11-19H2,1H3,(H,35,36). The lowest BCUT2D eigenvalue weighted by Gasteiger charge is -2.37. The molecule has 3 aromatic rings. The maximum Gasteiger partial charge on any atom is 0.338 e. The van der Waals surface area contributed by atoms with Crippen molar-refractivity contribution in [3.63, 3.8) is 0 Å². The molecule has 0 bridgehead atoms. The van der Waals surface area contributed by atoms with Crippen molar-refractivity contribution in [2.75, 3.05) is 46.3 Å². The number of likely N-dealkylation sites (N-methyl/N-ethyl adjacent to an activating group) is 1. The zero-order chi connectivity index (χ0) is 25.2. The molecular weight excluding hydrogens is 456 g/mol. The molecule has 3 heterocycles. The number of hydrogen-bond donors (Lipinski definition) is 1. The van der Waals surface area contributed by atoms with Gasteiger partial charge in [0.1, 0.15) is 0 Å². The van der Waals surface area contributed by atoms with Gasteiger partial charge in [0.15, 0.2) is 0 Å². The van der Waals surface area contributed by atoms with E-state index in [0.29, 0.717) is 41.8 Å². The molecule has 5 rings (SSSR count). The summed E-state index contributed by atoms with van der Waals surface area (Å²) in [5.41, 5.74) is 1.05. The Balaban J connectivity index is 1.44. The minimum Gasteiger partial charge on any atom is -0.478 e. The largest absolute Gasteiger partial charge is 0.478 e. The van der Waals surface area contributed by atoms with Crippen LogP contribution in [0.15, 0.2) is 59.4 Å². The maximum absolute atomic E-state index is 13.6. The Bertz CT molecular complexity index is 1320. The van der Waals surface area contributed by atoms with E-state index in [2.05, 4.69) is 16.8 Å². The summed E-state index contributed by atoms with van der Waals surface area (Å²) in [6, 6.07) is 16.1. The molecule has 1 N–H and O–H groups in total. The number of carboxylic acids is 1. The van der Waals surface area contributed by atoms with Crippen molar-refractivity contribution in [2.45, 2.75) is 19.4 Å². The molecule has 0 aliphatic carbocycles. The molecule has 2 aromatic carbocycles. The molecule has 2 aliphatic rings.